The van der Waals surface area contributed by atoms with Crippen molar-refractivity contribution in [2.24, 2.45) is 0 Å². The topological polar surface area (TPSA) is 29.9 Å². The highest BCUT2D eigenvalue weighted by molar-refractivity contribution is 7.07. The van der Waals surface area contributed by atoms with E-state index < -0.39 is 0 Å². The number of aromatic nitrogens is 2. The van der Waals surface area contributed by atoms with Crippen molar-refractivity contribution in [1.29, 1.82) is 0 Å². The molecule has 18 heavy (non-hydrogen) atoms. The summed E-state index contributed by atoms with van der Waals surface area (Å²) in [5, 5.41) is 7.92. The Hall–Kier alpha value is -1.13. The third-order valence-electron chi connectivity index (χ3n) is 3.02. The minimum Gasteiger partial charge on any atom is -0.333 e. The van der Waals surface area contributed by atoms with Gasteiger partial charge in [0.25, 0.3) is 0 Å². The van der Waals surface area contributed by atoms with Gasteiger partial charge >= 0.3 is 0 Å². The van der Waals surface area contributed by atoms with Gasteiger partial charge in [-0.05, 0) is 42.2 Å². The maximum atomic E-state index is 4.22. The van der Waals surface area contributed by atoms with Gasteiger partial charge in [0.1, 0.15) is 0 Å². The number of aryl methyl sites for hydroxylation is 1. The van der Waals surface area contributed by atoms with Crippen LogP contribution < -0.4 is 5.32 Å². The minimum absolute atomic E-state index is 0.490. The molecule has 2 rings (SSSR count). The Balaban J connectivity index is 1.81. The van der Waals surface area contributed by atoms with Crippen LogP contribution in [0.25, 0.3) is 0 Å². The first-order valence-electron chi connectivity index (χ1n) is 6.53. The summed E-state index contributed by atoms with van der Waals surface area (Å²) in [5.41, 5.74) is 2.69. The Kier molecular flexibility index (Phi) is 4.96. The quantitative estimate of drug-likeness (QED) is 0.832. The minimum atomic E-state index is 0.490. The molecule has 1 unspecified atom stereocenters. The smallest absolute Gasteiger partial charge is 0.0948 e. The highest BCUT2D eigenvalue weighted by Crippen LogP contribution is 2.09. The van der Waals surface area contributed by atoms with Crippen LogP contribution in [0.1, 0.15) is 31.5 Å². The van der Waals surface area contributed by atoms with Crippen molar-refractivity contribution in [3.05, 3.63) is 40.6 Å². The van der Waals surface area contributed by atoms with Crippen LogP contribution in [0, 0.1) is 0 Å². The fraction of sp³-hybridized carbons (Fsp3) is 0.500. The maximum absolute atomic E-state index is 4.22. The normalized spacial score (nSPS) is 12.8. The summed E-state index contributed by atoms with van der Waals surface area (Å²) in [5.74, 6) is 0. The first kappa shape index (κ1) is 13.3. The van der Waals surface area contributed by atoms with E-state index in [9.17, 15) is 0 Å². The monoisotopic (exact) mass is 263 g/mol. The number of hydrogen-bond acceptors (Lipinski definition) is 3. The van der Waals surface area contributed by atoms with E-state index in [2.05, 4.69) is 45.5 Å². The number of hydrogen-bond donors (Lipinski definition) is 1. The van der Waals surface area contributed by atoms with Crippen molar-refractivity contribution >= 4 is 11.3 Å². The van der Waals surface area contributed by atoms with E-state index >= 15 is 0 Å². The van der Waals surface area contributed by atoms with Crippen molar-refractivity contribution in [2.45, 2.75) is 45.8 Å². The molecule has 0 saturated heterocycles. The molecular formula is C14H21N3S. The van der Waals surface area contributed by atoms with Crippen molar-refractivity contribution in [2.75, 3.05) is 0 Å². The Bertz CT molecular complexity index is 447. The molecular weight excluding hydrogens is 242 g/mol. The Morgan fingerprint density at radius 3 is 3.11 bits per heavy atom. The predicted octanol–water partition coefficient (Wildman–Crippen LogP) is 3.08. The van der Waals surface area contributed by atoms with Gasteiger partial charge in [0.05, 0.1) is 12.0 Å². The molecule has 2 aromatic rings. The SMILES string of the molecule is CCCn1cncc1CNC(C)Cc1ccsc1. The Labute approximate surface area is 113 Å². The van der Waals surface area contributed by atoms with Crippen molar-refractivity contribution in [3.8, 4) is 0 Å². The zero-order chi connectivity index (χ0) is 12.8. The van der Waals surface area contributed by atoms with E-state index in [4.69, 9.17) is 0 Å². The van der Waals surface area contributed by atoms with Gasteiger partial charge in [-0.2, -0.15) is 11.3 Å². The zero-order valence-electron chi connectivity index (χ0n) is 11.1. The lowest BCUT2D eigenvalue weighted by atomic mass is 10.1. The lowest BCUT2D eigenvalue weighted by Crippen LogP contribution is -2.28. The molecule has 1 N–H and O–H groups in total. The summed E-state index contributed by atoms with van der Waals surface area (Å²) < 4.78 is 2.23. The molecule has 98 valence electrons. The number of imidazole rings is 1. The standard InChI is InChI=1S/C14H21N3S/c1-3-5-17-11-15-8-14(17)9-16-12(2)7-13-4-6-18-10-13/h4,6,8,10-12,16H,3,5,7,9H2,1-2H3. The molecule has 0 aliphatic rings. The second kappa shape index (κ2) is 6.71. The second-order valence-electron chi connectivity index (χ2n) is 4.70. The van der Waals surface area contributed by atoms with E-state index in [0.717, 1.165) is 25.9 Å². The van der Waals surface area contributed by atoms with Crippen LogP contribution in [0.5, 0.6) is 0 Å². The van der Waals surface area contributed by atoms with Gasteiger partial charge in [-0.15, -0.1) is 0 Å². The highest BCUT2D eigenvalue weighted by atomic mass is 32.1. The predicted molar refractivity (Wildman–Crippen MR) is 76.8 cm³/mol. The van der Waals surface area contributed by atoms with Crippen LogP contribution in [0.4, 0.5) is 0 Å². The fourth-order valence-corrected chi connectivity index (χ4v) is 2.73. The molecule has 0 saturated carbocycles. The molecule has 0 fully saturated rings. The average molecular weight is 263 g/mol. The van der Waals surface area contributed by atoms with Crippen LogP contribution in [0.2, 0.25) is 0 Å². The lowest BCUT2D eigenvalue weighted by Gasteiger charge is -2.14. The van der Waals surface area contributed by atoms with Crippen LogP contribution in [-0.2, 0) is 19.5 Å². The number of rotatable bonds is 7. The van der Waals surface area contributed by atoms with E-state index in [1.807, 2.05) is 12.5 Å². The van der Waals surface area contributed by atoms with Gasteiger partial charge in [0.2, 0.25) is 0 Å². The first-order chi connectivity index (χ1) is 8.79. The van der Waals surface area contributed by atoms with Gasteiger partial charge in [0.15, 0.2) is 0 Å². The molecule has 0 bridgehead atoms. The maximum Gasteiger partial charge on any atom is 0.0948 e. The van der Waals surface area contributed by atoms with E-state index in [1.54, 1.807) is 11.3 Å². The van der Waals surface area contributed by atoms with Gasteiger partial charge < -0.3 is 9.88 Å². The van der Waals surface area contributed by atoms with E-state index in [0.29, 0.717) is 6.04 Å². The van der Waals surface area contributed by atoms with Crippen molar-refractivity contribution in [1.82, 2.24) is 14.9 Å². The van der Waals surface area contributed by atoms with Crippen molar-refractivity contribution < 1.29 is 0 Å². The molecule has 0 aliphatic carbocycles. The molecule has 0 spiro atoms. The highest BCUT2D eigenvalue weighted by Gasteiger charge is 2.06. The Morgan fingerprint density at radius 1 is 1.50 bits per heavy atom. The third-order valence-corrected chi connectivity index (χ3v) is 3.75. The van der Waals surface area contributed by atoms with Gasteiger partial charge in [-0.25, -0.2) is 4.98 Å². The molecule has 3 nitrogen and oxygen atoms in total. The molecule has 0 amide bonds. The summed E-state index contributed by atoms with van der Waals surface area (Å²) >= 11 is 1.76. The van der Waals surface area contributed by atoms with Crippen LogP contribution in [0.15, 0.2) is 29.4 Å². The summed E-state index contributed by atoms with van der Waals surface area (Å²) in [6, 6.07) is 2.69. The van der Waals surface area contributed by atoms with Gasteiger partial charge in [-0.3, -0.25) is 0 Å². The molecule has 0 radical (unpaired) electrons. The summed E-state index contributed by atoms with van der Waals surface area (Å²) in [6.07, 6.45) is 6.11. The molecule has 1 atom stereocenters. The largest absolute Gasteiger partial charge is 0.333 e. The number of nitrogens with zero attached hydrogens (tertiary/aromatic N) is 2. The summed E-state index contributed by atoms with van der Waals surface area (Å²) in [4.78, 5) is 4.22. The van der Waals surface area contributed by atoms with Crippen LogP contribution in [0.3, 0.4) is 0 Å². The van der Waals surface area contributed by atoms with E-state index in [-0.39, 0.29) is 0 Å². The number of nitrogens with one attached hydrogen (secondary N) is 1. The van der Waals surface area contributed by atoms with Gasteiger partial charge in [0, 0.05) is 25.3 Å². The van der Waals surface area contributed by atoms with E-state index in [1.165, 1.54) is 11.3 Å². The third kappa shape index (κ3) is 3.68. The number of thiophene rings is 1. The molecule has 2 aromatic heterocycles. The summed E-state index contributed by atoms with van der Waals surface area (Å²) in [6.45, 7) is 6.37. The van der Waals surface area contributed by atoms with Crippen molar-refractivity contribution in [3.63, 3.8) is 0 Å². The zero-order valence-corrected chi connectivity index (χ0v) is 11.9. The van der Waals surface area contributed by atoms with Gasteiger partial charge in [-0.1, -0.05) is 6.92 Å². The lowest BCUT2D eigenvalue weighted by molar-refractivity contribution is 0.522. The second-order valence-corrected chi connectivity index (χ2v) is 5.48. The summed E-state index contributed by atoms with van der Waals surface area (Å²) in [7, 11) is 0. The average Bonchev–Trinajstić information content (AvgIpc) is 2.99. The fourth-order valence-electron chi connectivity index (χ4n) is 2.05. The van der Waals surface area contributed by atoms with Crippen LogP contribution in [-0.4, -0.2) is 15.6 Å². The molecule has 0 aliphatic heterocycles. The molecule has 0 aromatic carbocycles. The molecule has 2 heterocycles. The first-order valence-corrected chi connectivity index (χ1v) is 7.47. The van der Waals surface area contributed by atoms with Crippen LogP contribution >= 0.6 is 11.3 Å². The molecule has 4 heteroatoms. The Morgan fingerprint density at radius 2 is 2.39 bits per heavy atom.